The van der Waals surface area contributed by atoms with Gasteiger partial charge >= 0.3 is 12.1 Å². The van der Waals surface area contributed by atoms with Crippen molar-refractivity contribution in [2.45, 2.75) is 39.2 Å². The molecule has 0 unspecified atom stereocenters. The van der Waals surface area contributed by atoms with Gasteiger partial charge in [-0.3, -0.25) is 4.90 Å². The van der Waals surface area contributed by atoms with Gasteiger partial charge < -0.3 is 19.3 Å². The fourth-order valence-corrected chi connectivity index (χ4v) is 4.19. The molecule has 0 bridgehead atoms. The Morgan fingerprint density at radius 2 is 1.71 bits per heavy atom. The second-order valence-electron chi connectivity index (χ2n) is 9.33. The number of methoxy groups -OCH3 is 1. The number of carbonyl (C=O) groups is 2. The minimum atomic E-state index is -0.653. The monoisotopic (exact) mass is 435 g/mol. The average molecular weight is 436 g/mol. The lowest BCUT2D eigenvalue weighted by molar-refractivity contribution is 0.0130. The molecule has 172 valence electrons. The van der Waals surface area contributed by atoms with E-state index in [2.05, 4.69) is 9.64 Å². The van der Waals surface area contributed by atoms with Crippen LogP contribution in [0.5, 0.6) is 0 Å². The molecule has 2 saturated heterocycles. The first-order valence-electron chi connectivity index (χ1n) is 11.0. The number of esters is 1. The third kappa shape index (κ3) is 6.09. The van der Waals surface area contributed by atoms with Crippen LogP contribution in [-0.2, 0) is 9.47 Å². The van der Waals surface area contributed by atoms with Crippen molar-refractivity contribution in [3.8, 4) is 0 Å². The van der Waals surface area contributed by atoms with E-state index in [4.69, 9.17) is 4.74 Å². The van der Waals surface area contributed by atoms with E-state index in [1.807, 2.05) is 25.7 Å². The Morgan fingerprint density at radius 1 is 1.06 bits per heavy atom. The third-order valence-electron chi connectivity index (χ3n) is 5.88. The van der Waals surface area contributed by atoms with Gasteiger partial charge in [0.25, 0.3) is 0 Å². The molecule has 2 aliphatic rings. The summed E-state index contributed by atoms with van der Waals surface area (Å²) in [7, 11) is 1.26. The molecule has 0 spiro atoms. The lowest BCUT2D eigenvalue weighted by Crippen LogP contribution is -2.51. The number of carbonyl (C=O) groups excluding carboxylic acids is 2. The number of piperazine rings is 1. The van der Waals surface area contributed by atoms with E-state index in [9.17, 15) is 14.0 Å². The van der Waals surface area contributed by atoms with E-state index in [1.54, 1.807) is 17.0 Å². The van der Waals surface area contributed by atoms with Gasteiger partial charge in [0.15, 0.2) is 5.82 Å². The highest BCUT2D eigenvalue weighted by atomic mass is 19.1. The molecule has 1 aromatic carbocycles. The molecular weight excluding hydrogens is 401 g/mol. The van der Waals surface area contributed by atoms with Crippen LogP contribution >= 0.6 is 0 Å². The predicted octanol–water partition coefficient (Wildman–Crippen LogP) is 3.38. The molecule has 0 aromatic heterocycles. The van der Waals surface area contributed by atoms with Crippen LogP contribution in [0.1, 0.15) is 44.0 Å². The fraction of sp³-hybridized carbons (Fsp3) is 0.652. The van der Waals surface area contributed by atoms with Crippen molar-refractivity contribution in [3.05, 3.63) is 29.6 Å². The number of hydrogen-bond acceptors (Lipinski definition) is 6. The van der Waals surface area contributed by atoms with Gasteiger partial charge in [0.2, 0.25) is 0 Å². The first kappa shape index (κ1) is 23.3. The first-order chi connectivity index (χ1) is 14.7. The molecule has 2 fully saturated rings. The molecule has 1 amide bonds. The van der Waals surface area contributed by atoms with Gasteiger partial charge in [-0.1, -0.05) is 6.07 Å². The Kier molecular flexibility index (Phi) is 7.41. The number of hydrogen-bond donors (Lipinski definition) is 0. The van der Waals surface area contributed by atoms with Crippen molar-refractivity contribution in [1.29, 1.82) is 0 Å². The van der Waals surface area contributed by atoms with Gasteiger partial charge in [-0.2, -0.15) is 0 Å². The Morgan fingerprint density at radius 3 is 2.29 bits per heavy atom. The lowest BCUT2D eigenvalue weighted by Gasteiger charge is -2.39. The van der Waals surface area contributed by atoms with Crippen molar-refractivity contribution in [3.63, 3.8) is 0 Å². The quantitative estimate of drug-likeness (QED) is 0.676. The van der Waals surface area contributed by atoms with Gasteiger partial charge in [-0.25, -0.2) is 14.0 Å². The largest absolute Gasteiger partial charge is 0.465 e. The van der Waals surface area contributed by atoms with Crippen LogP contribution in [-0.4, -0.2) is 80.4 Å². The number of rotatable bonds is 4. The zero-order valence-electron chi connectivity index (χ0n) is 19.0. The molecule has 8 heteroatoms. The summed E-state index contributed by atoms with van der Waals surface area (Å²) in [6.45, 7) is 11.2. The lowest BCUT2D eigenvalue weighted by atomic mass is 9.95. The SMILES string of the molecule is COC(=O)c1cccc(N2CCC(CN3CCN(C(=O)OC(C)(C)C)CC3)CC2)c1F. The summed E-state index contributed by atoms with van der Waals surface area (Å²) >= 11 is 0. The smallest absolute Gasteiger partial charge is 0.410 e. The van der Waals surface area contributed by atoms with E-state index in [0.717, 1.165) is 45.6 Å². The summed E-state index contributed by atoms with van der Waals surface area (Å²) in [4.78, 5) is 30.2. The van der Waals surface area contributed by atoms with Gasteiger partial charge in [0, 0.05) is 45.8 Å². The second-order valence-corrected chi connectivity index (χ2v) is 9.33. The summed E-state index contributed by atoms with van der Waals surface area (Å²) < 4.78 is 24.9. The Bertz CT molecular complexity index is 780. The van der Waals surface area contributed by atoms with Gasteiger partial charge in [-0.05, 0) is 51.7 Å². The molecule has 31 heavy (non-hydrogen) atoms. The van der Waals surface area contributed by atoms with E-state index >= 15 is 0 Å². The fourth-order valence-electron chi connectivity index (χ4n) is 4.19. The number of anilines is 1. The van der Waals surface area contributed by atoms with Gasteiger partial charge in [0.1, 0.15) is 5.60 Å². The molecule has 0 radical (unpaired) electrons. The second kappa shape index (κ2) is 9.85. The molecule has 3 rings (SSSR count). The zero-order valence-corrected chi connectivity index (χ0v) is 19.0. The highest BCUT2D eigenvalue weighted by Crippen LogP contribution is 2.28. The minimum absolute atomic E-state index is 0.0232. The summed E-state index contributed by atoms with van der Waals surface area (Å²) in [5.74, 6) is -0.623. The number of ether oxygens (including phenoxy) is 2. The van der Waals surface area contributed by atoms with Crippen LogP contribution in [0.15, 0.2) is 18.2 Å². The van der Waals surface area contributed by atoms with E-state index in [1.165, 1.54) is 13.2 Å². The number of halogens is 1. The maximum Gasteiger partial charge on any atom is 0.410 e. The molecule has 0 aliphatic carbocycles. The number of benzene rings is 1. The van der Waals surface area contributed by atoms with Crippen molar-refractivity contribution < 1.29 is 23.5 Å². The number of piperidine rings is 1. The minimum Gasteiger partial charge on any atom is -0.465 e. The third-order valence-corrected chi connectivity index (χ3v) is 5.88. The molecule has 2 heterocycles. The molecule has 0 saturated carbocycles. The van der Waals surface area contributed by atoms with Crippen LogP contribution in [0.2, 0.25) is 0 Å². The van der Waals surface area contributed by atoms with Crippen molar-refractivity contribution >= 4 is 17.7 Å². The Labute approximate surface area is 184 Å². The Hall–Kier alpha value is -2.35. The van der Waals surface area contributed by atoms with Gasteiger partial charge in [-0.15, -0.1) is 0 Å². The summed E-state index contributed by atoms with van der Waals surface area (Å²) in [5, 5.41) is 0. The van der Waals surface area contributed by atoms with E-state index in [0.29, 0.717) is 24.7 Å². The maximum atomic E-state index is 14.8. The van der Waals surface area contributed by atoms with Gasteiger partial charge in [0.05, 0.1) is 18.4 Å². The highest BCUT2D eigenvalue weighted by molar-refractivity contribution is 5.91. The number of amides is 1. The van der Waals surface area contributed by atoms with Crippen LogP contribution in [0.4, 0.5) is 14.9 Å². The highest BCUT2D eigenvalue weighted by Gasteiger charge is 2.29. The summed E-state index contributed by atoms with van der Waals surface area (Å²) in [6, 6.07) is 4.87. The molecule has 0 N–H and O–H groups in total. The van der Waals surface area contributed by atoms with Crippen molar-refractivity contribution in [2.75, 3.05) is 57.8 Å². The summed E-state index contributed by atoms with van der Waals surface area (Å²) in [5.41, 5.74) is -0.0322. The van der Waals surface area contributed by atoms with Crippen molar-refractivity contribution in [2.24, 2.45) is 5.92 Å². The summed E-state index contributed by atoms with van der Waals surface area (Å²) in [6.07, 6.45) is 1.69. The predicted molar refractivity (Wildman–Crippen MR) is 117 cm³/mol. The van der Waals surface area contributed by atoms with E-state index in [-0.39, 0.29) is 11.7 Å². The molecule has 7 nitrogen and oxygen atoms in total. The topological polar surface area (TPSA) is 62.3 Å². The average Bonchev–Trinajstić information content (AvgIpc) is 2.73. The van der Waals surface area contributed by atoms with Crippen LogP contribution in [0.25, 0.3) is 0 Å². The molecule has 2 aliphatic heterocycles. The van der Waals surface area contributed by atoms with Crippen molar-refractivity contribution in [1.82, 2.24) is 9.80 Å². The molecule has 1 aromatic rings. The normalized spacial score (nSPS) is 18.7. The van der Waals surface area contributed by atoms with Crippen LogP contribution in [0, 0.1) is 11.7 Å². The standard InChI is InChI=1S/C23H34FN3O4/c1-23(2,3)31-22(29)27-14-12-25(13-15-27)16-17-8-10-26(11-9-17)19-7-5-6-18(20(19)24)21(28)30-4/h5-7,17H,8-16H2,1-4H3. The number of nitrogens with zero attached hydrogens (tertiary/aromatic N) is 3. The maximum absolute atomic E-state index is 14.8. The van der Waals surface area contributed by atoms with Crippen LogP contribution in [0.3, 0.4) is 0 Å². The van der Waals surface area contributed by atoms with Crippen LogP contribution < -0.4 is 4.90 Å². The Balaban J connectivity index is 1.46. The zero-order chi connectivity index (χ0) is 22.6. The first-order valence-corrected chi connectivity index (χ1v) is 11.0. The van der Waals surface area contributed by atoms with E-state index < -0.39 is 17.4 Å². The molecule has 0 atom stereocenters. The molecular formula is C23H34FN3O4.